The zero-order chi connectivity index (χ0) is 14.4. The number of halogens is 2. The average molecular weight is 346 g/mol. The lowest BCUT2D eigenvalue weighted by atomic mass is 10.3. The van der Waals surface area contributed by atoms with Crippen LogP contribution in [0.5, 0.6) is 0 Å². The second-order valence-electron chi connectivity index (χ2n) is 3.49. The van der Waals surface area contributed by atoms with E-state index in [1.54, 1.807) is 18.2 Å². The minimum absolute atomic E-state index is 0.101. The van der Waals surface area contributed by atoms with Crippen molar-refractivity contribution in [3.63, 3.8) is 0 Å². The summed E-state index contributed by atoms with van der Waals surface area (Å²) in [7, 11) is 0. The number of carboxylic acids is 1. The number of terminal acetylenes is 1. The molecule has 0 saturated carbocycles. The van der Waals surface area contributed by atoms with Gasteiger partial charge in [0.2, 0.25) is 0 Å². The van der Waals surface area contributed by atoms with E-state index in [9.17, 15) is 9.59 Å². The number of nitrogens with one attached hydrogen (secondary N) is 1. The molecule has 0 aliphatic heterocycles. The predicted octanol–water partition coefficient (Wildman–Crippen LogP) is 2.65. The lowest BCUT2D eigenvalue weighted by Gasteiger charge is -2.19. The van der Waals surface area contributed by atoms with E-state index in [1.807, 2.05) is 0 Å². The first-order valence-electron chi connectivity index (χ1n) is 5.11. The number of carboxylic acid groups (broad SMARTS) is 1. The van der Waals surface area contributed by atoms with Crippen LogP contribution in [0, 0.1) is 12.3 Å². The monoisotopic (exact) mass is 344 g/mol. The summed E-state index contributed by atoms with van der Waals surface area (Å²) in [6.07, 6.45) is 5.10. The van der Waals surface area contributed by atoms with Crippen molar-refractivity contribution in [3.05, 3.63) is 27.7 Å². The SMILES string of the molecule is C#CCN(CC(=O)O)C(=O)Nc1cccc(Cl)c1Br. The highest BCUT2D eigenvalue weighted by Crippen LogP contribution is 2.30. The van der Waals surface area contributed by atoms with Crippen molar-refractivity contribution in [2.75, 3.05) is 18.4 Å². The molecule has 7 heteroatoms. The smallest absolute Gasteiger partial charge is 0.323 e. The summed E-state index contributed by atoms with van der Waals surface area (Å²) >= 11 is 9.11. The normalized spacial score (nSPS) is 9.53. The summed E-state index contributed by atoms with van der Waals surface area (Å²) in [4.78, 5) is 23.5. The van der Waals surface area contributed by atoms with E-state index in [2.05, 4.69) is 27.2 Å². The largest absolute Gasteiger partial charge is 0.480 e. The number of carbonyl (C=O) groups excluding carboxylic acids is 1. The molecule has 0 heterocycles. The van der Waals surface area contributed by atoms with Gasteiger partial charge in [-0.05, 0) is 28.1 Å². The maximum absolute atomic E-state index is 11.9. The van der Waals surface area contributed by atoms with Crippen molar-refractivity contribution in [3.8, 4) is 12.3 Å². The van der Waals surface area contributed by atoms with E-state index >= 15 is 0 Å². The Hall–Kier alpha value is -1.71. The number of benzene rings is 1. The molecule has 1 rings (SSSR count). The standard InChI is InChI=1S/C12H10BrClN2O3/c1-2-6-16(7-10(17)18)12(19)15-9-5-3-4-8(14)11(9)13/h1,3-5H,6-7H2,(H,15,19)(H,17,18). The number of aliphatic carboxylic acids is 1. The maximum Gasteiger partial charge on any atom is 0.323 e. The fourth-order valence-electron chi connectivity index (χ4n) is 1.27. The van der Waals surface area contributed by atoms with Gasteiger partial charge in [-0.2, -0.15) is 0 Å². The van der Waals surface area contributed by atoms with Crippen LogP contribution in [0.2, 0.25) is 5.02 Å². The Balaban J connectivity index is 2.84. The van der Waals surface area contributed by atoms with E-state index in [1.165, 1.54) is 0 Å². The van der Waals surface area contributed by atoms with E-state index in [0.717, 1.165) is 4.90 Å². The molecule has 0 unspecified atom stereocenters. The molecule has 0 atom stereocenters. The topological polar surface area (TPSA) is 69.6 Å². The summed E-state index contributed by atoms with van der Waals surface area (Å²) in [6, 6.07) is 4.33. The van der Waals surface area contributed by atoms with E-state index in [4.69, 9.17) is 23.1 Å². The van der Waals surface area contributed by atoms with Crippen molar-refractivity contribution in [1.29, 1.82) is 0 Å². The van der Waals surface area contributed by atoms with Gasteiger partial charge in [-0.1, -0.05) is 23.6 Å². The van der Waals surface area contributed by atoms with E-state index in [0.29, 0.717) is 15.2 Å². The first-order chi connectivity index (χ1) is 8.95. The van der Waals surface area contributed by atoms with Crippen LogP contribution in [0.15, 0.2) is 22.7 Å². The fourth-order valence-corrected chi connectivity index (χ4v) is 1.81. The lowest BCUT2D eigenvalue weighted by molar-refractivity contribution is -0.137. The van der Waals surface area contributed by atoms with Gasteiger partial charge in [-0.25, -0.2) is 4.79 Å². The molecule has 0 spiro atoms. The molecule has 100 valence electrons. The van der Waals surface area contributed by atoms with Crippen molar-refractivity contribution >= 4 is 45.2 Å². The van der Waals surface area contributed by atoms with Crippen LogP contribution in [0.1, 0.15) is 0 Å². The highest BCUT2D eigenvalue weighted by molar-refractivity contribution is 9.10. The van der Waals surface area contributed by atoms with Gasteiger partial charge in [0.15, 0.2) is 0 Å². The Bertz CT molecular complexity index is 542. The molecule has 0 bridgehead atoms. The molecule has 0 aliphatic rings. The molecular weight excluding hydrogens is 336 g/mol. The predicted molar refractivity (Wildman–Crippen MR) is 76.2 cm³/mol. The number of hydrogen-bond acceptors (Lipinski definition) is 2. The summed E-state index contributed by atoms with van der Waals surface area (Å²) < 4.78 is 0.515. The third-order valence-corrected chi connectivity index (χ3v) is 3.49. The summed E-state index contributed by atoms with van der Waals surface area (Å²) in [5.74, 6) is 1.09. The number of amides is 2. The zero-order valence-corrected chi connectivity index (χ0v) is 12.0. The molecule has 5 nitrogen and oxygen atoms in total. The molecule has 2 amide bonds. The third kappa shape index (κ3) is 4.47. The van der Waals surface area contributed by atoms with Crippen LogP contribution in [0.4, 0.5) is 10.5 Å². The summed E-state index contributed by atoms with van der Waals surface area (Å²) in [6.45, 7) is -0.579. The van der Waals surface area contributed by atoms with Crippen LogP contribution >= 0.6 is 27.5 Å². The quantitative estimate of drug-likeness (QED) is 0.824. The third-order valence-electron chi connectivity index (χ3n) is 2.09. The van der Waals surface area contributed by atoms with Crippen molar-refractivity contribution in [2.45, 2.75) is 0 Å². The van der Waals surface area contributed by atoms with Gasteiger partial charge in [0, 0.05) is 0 Å². The van der Waals surface area contributed by atoms with Gasteiger partial charge in [0.1, 0.15) is 6.54 Å². The van der Waals surface area contributed by atoms with Gasteiger partial charge in [0.05, 0.1) is 21.7 Å². The second-order valence-corrected chi connectivity index (χ2v) is 4.69. The molecule has 1 aromatic carbocycles. The number of anilines is 1. The first kappa shape index (κ1) is 15.3. The molecule has 0 aromatic heterocycles. The number of nitrogens with zero attached hydrogens (tertiary/aromatic N) is 1. The van der Waals surface area contributed by atoms with Crippen molar-refractivity contribution in [2.24, 2.45) is 0 Å². The van der Waals surface area contributed by atoms with Crippen LogP contribution in [0.3, 0.4) is 0 Å². The Morgan fingerprint density at radius 3 is 2.79 bits per heavy atom. The molecule has 1 aromatic rings. The Morgan fingerprint density at radius 1 is 1.53 bits per heavy atom. The number of carbonyl (C=O) groups is 2. The highest BCUT2D eigenvalue weighted by Gasteiger charge is 2.17. The van der Waals surface area contributed by atoms with E-state index in [-0.39, 0.29) is 6.54 Å². The van der Waals surface area contributed by atoms with Crippen LogP contribution < -0.4 is 5.32 Å². The summed E-state index contributed by atoms with van der Waals surface area (Å²) in [5.41, 5.74) is 0.435. The second kappa shape index (κ2) is 7.02. The molecule has 19 heavy (non-hydrogen) atoms. The van der Waals surface area contributed by atoms with Gasteiger partial charge < -0.3 is 15.3 Å². The van der Waals surface area contributed by atoms with E-state index < -0.39 is 18.5 Å². The minimum atomic E-state index is -1.14. The Morgan fingerprint density at radius 2 is 2.21 bits per heavy atom. The maximum atomic E-state index is 11.9. The number of rotatable bonds is 4. The van der Waals surface area contributed by atoms with Gasteiger partial charge >= 0.3 is 12.0 Å². The zero-order valence-electron chi connectivity index (χ0n) is 9.69. The average Bonchev–Trinajstić information content (AvgIpc) is 2.34. The molecule has 0 fully saturated rings. The number of hydrogen-bond donors (Lipinski definition) is 2. The minimum Gasteiger partial charge on any atom is -0.480 e. The molecule has 0 saturated heterocycles. The lowest BCUT2D eigenvalue weighted by Crippen LogP contribution is -2.39. The van der Waals surface area contributed by atoms with Crippen molar-refractivity contribution < 1.29 is 14.7 Å². The summed E-state index contributed by atoms with van der Waals surface area (Å²) in [5, 5.41) is 11.7. The van der Waals surface area contributed by atoms with Gasteiger partial charge in [-0.15, -0.1) is 6.42 Å². The van der Waals surface area contributed by atoms with Crippen LogP contribution in [-0.2, 0) is 4.79 Å². The first-order valence-corrected chi connectivity index (χ1v) is 6.28. The fraction of sp³-hybridized carbons (Fsp3) is 0.167. The Labute approximate surface area is 123 Å². The Kier molecular flexibility index (Phi) is 5.67. The molecular formula is C12H10BrClN2O3. The molecule has 0 radical (unpaired) electrons. The number of urea groups is 1. The van der Waals surface area contributed by atoms with Gasteiger partial charge in [0.25, 0.3) is 0 Å². The highest BCUT2D eigenvalue weighted by atomic mass is 79.9. The van der Waals surface area contributed by atoms with Crippen molar-refractivity contribution in [1.82, 2.24) is 4.90 Å². The van der Waals surface area contributed by atoms with Crippen LogP contribution in [-0.4, -0.2) is 35.1 Å². The van der Waals surface area contributed by atoms with Gasteiger partial charge in [-0.3, -0.25) is 4.79 Å². The molecule has 2 N–H and O–H groups in total. The van der Waals surface area contributed by atoms with Crippen LogP contribution in [0.25, 0.3) is 0 Å². The molecule has 0 aliphatic carbocycles.